The fraction of sp³-hybridized carbons (Fsp3) is 0.238. The summed E-state index contributed by atoms with van der Waals surface area (Å²) in [5, 5.41) is 19.3. The van der Waals surface area contributed by atoms with Crippen molar-refractivity contribution in [2.45, 2.75) is 25.7 Å². The highest BCUT2D eigenvalue weighted by molar-refractivity contribution is 7.22. The number of carboxylic acids is 1. The van der Waals surface area contributed by atoms with Crippen molar-refractivity contribution in [2.24, 2.45) is 5.92 Å². The van der Waals surface area contributed by atoms with Gasteiger partial charge in [0.05, 0.1) is 28.3 Å². The number of nitrogens with one attached hydrogen (secondary N) is 3. The third-order valence-corrected chi connectivity index (χ3v) is 6.36. The topological polar surface area (TPSA) is 150 Å². The predicted octanol–water partition coefficient (Wildman–Crippen LogP) is 4.92. The van der Waals surface area contributed by atoms with E-state index in [0.29, 0.717) is 32.1 Å². The quantitative estimate of drug-likeness (QED) is 0.252. The van der Waals surface area contributed by atoms with Crippen molar-refractivity contribution in [3.05, 3.63) is 29.2 Å². The van der Waals surface area contributed by atoms with Crippen molar-refractivity contribution in [2.75, 3.05) is 10.6 Å². The van der Waals surface area contributed by atoms with Crippen LogP contribution < -0.4 is 10.6 Å². The van der Waals surface area contributed by atoms with E-state index in [0.717, 1.165) is 11.3 Å². The summed E-state index contributed by atoms with van der Waals surface area (Å²) in [5.74, 6) is -5.07. The third-order valence-electron chi connectivity index (χ3n) is 5.13. The van der Waals surface area contributed by atoms with Gasteiger partial charge >= 0.3 is 12.1 Å². The van der Waals surface area contributed by atoms with E-state index in [1.807, 2.05) is 0 Å². The molecule has 2 atom stereocenters. The zero-order chi connectivity index (χ0) is 27.9. The Balaban J connectivity index is 0.000000426. The van der Waals surface area contributed by atoms with Crippen LogP contribution >= 0.6 is 22.9 Å². The molecule has 2 amide bonds. The molecule has 1 aliphatic carbocycles. The van der Waals surface area contributed by atoms with Crippen molar-refractivity contribution in [1.29, 1.82) is 0 Å². The second kappa shape index (κ2) is 10.1. The summed E-state index contributed by atoms with van der Waals surface area (Å²) >= 11 is 7.44. The van der Waals surface area contributed by atoms with E-state index in [4.69, 9.17) is 21.5 Å². The summed E-state index contributed by atoms with van der Waals surface area (Å²) in [5.41, 5.74) is 1.37. The average molecular weight is 577 g/mol. The highest BCUT2D eigenvalue weighted by Crippen LogP contribution is 2.41. The Morgan fingerprint density at radius 2 is 1.87 bits per heavy atom. The Morgan fingerprint density at radius 3 is 2.45 bits per heavy atom. The molecule has 3 heterocycles. The molecule has 1 aliphatic rings. The van der Waals surface area contributed by atoms with Crippen molar-refractivity contribution >= 4 is 72.8 Å². The Hall–Kier alpha value is -3.92. The number of carbonyl (C=O) groups is 3. The summed E-state index contributed by atoms with van der Waals surface area (Å²) in [7, 11) is 0. The summed E-state index contributed by atoms with van der Waals surface area (Å²) in [6, 6.07) is 3.29. The zero-order valence-corrected chi connectivity index (χ0v) is 20.4. The first-order chi connectivity index (χ1) is 17.8. The standard InChI is InChI=1S/C19H13ClF2N6O2S.C2HF3O2/c1-6(29)24-16-14(22)13(20)12(8-5-23-28-15(8)16)10-2-3-11-18(25-10)31-19(26-11)27-17(30)7-4-9(7)21;3-2(4,5)1(6)7/h2-3,5,7,9H,4H2,1H3,(H,23,28)(H,24,29)(H,26,27,30);(H,6,7)/t7-,9+;/m1./s1. The minimum absolute atomic E-state index is 0.0936. The van der Waals surface area contributed by atoms with Gasteiger partial charge in [-0.2, -0.15) is 18.3 Å². The molecule has 0 radical (unpaired) electrons. The van der Waals surface area contributed by atoms with Gasteiger partial charge in [-0.05, 0) is 18.6 Å². The molecule has 1 saturated carbocycles. The first-order valence-corrected chi connectivity index (χ1v) is 11.6. The number of aliphatic carboxylic acids is 1. The number of hydrogen-bond acceptors (Lipinski definition) is 7. The number of rotatable bonds is 4. The van der Waals surface area contributed by atoms with Gasteiger partial charge in [0.2, 0.25) is 11.8 Å². The molecule has 1 fully saturated rings. The maximum absolute atomic E-state index is 15.0. The normalized spacial score (nSPS) is 16.6. The van der Waals surface area contributed by atoms with Crippen LogP contribution in [0.4, 0.5) is 32.8 Å². The van der Waals surface area contributed by atoms with Crippen LogP contribution in [0, 0.1) is 11.7 Å². The van der Waals surface area contributed by atoms with Crippen LogP contribution in [0.5, 0.6) is 0 Å². The first-order valence-electron chi connectivity index (χ1n) is 10.4. The molecule has 4 N–H and O–H groups in total. The molecule has 38 heavy (non-hydrogen) atoms. The van der Waals surface area contributed by atoms with Crippen LogP contribution in [0.1, 0.15) is 13.3 Å². The zero-order valence-electron chi connectivity index (χ0n) is 18.8. The Morgan fingerprint density at radius 1 is 1.21 bits per heavy atom. The largest absolute Gasteiger partial charge is 0.490 e. The van der Waals surface area contributed by atoms with Crippen LogP contribution in [-0.4, -0.2) is 55.4 Å². The van der Waals surface area contributed by atoms with Gasteiger partial charge in [-0.1, -0.05) is 22.9 Å². The summed E-state index contributed by atoms with van der Waals surface area (Å²) in [6.07, 6.45) is -4.50. The van der Waals surface area contributed by atoms with Gasteiger partial charge in [-0.3, -0.25) is 14.7 Å². The van der Waals surface area contributed by atoms with Crippen molar-refractivity contribution in [3.8, 4) is 11.3 Å². The van der Waals surface area contributed by atoms with Gasteiger partial charge in [0.15, 0.2) is 10.9 Å². The minimum Gasteiger partial charge on any atom is -0.475 e. The number of nitrogens with zero attached hydrogens (tertiary/aromatic N) is 3. The second-order valence-corrected chi connectivity index (χ2v) is 9.26. The minimum atomic E-state index is -5.08. The number of halogens is 6. The lowest BCUT2D eigenvalue weighted by Gasteiger charge is -2.12. The van der Waals surface area contributed by atoms with Crippen molar-refractivity contribution in [3.63, 3.8) is 0 Å². The lowest BCUT2D eigenvalue weighted by atomic mass is 10.0. The van der Waals surface area contributed by atoms with E-state index >= 15 is 0 Å². The molecular formula is C21H14ClF5N6O4S. The van der Waals surface area contributed by atoms with Crippen LogP contribution in [0.15, 0.2) is 18.3 Å². The molecule has 0 unspecified atom stereocenters. The lowest BCUT2D eigenvalue weighted by molar-refractivity contribution is -0.192. The number of H-pyrrole nitrogens is 1. The summed E-state index contributed by atoms with van der Waals surface area (Å²) < 4.78 is 59.8. The number of aromatic amines is 1. The Kier molecular flexibility index (Phi) is 7.20. The monoisotopic (exact) mass is 576 g/mol. The molecule has 10 nitrogen and oxygen atoms in total. The first kappa shape index (κ1) is 27.1. The van der Waals surface area contributed by atoms with Gasteiger partial charge in [0.1, 0.15) is 22.2 Å². The van der Waals surface area contributed by atoms with Crippen LogP contribution in [0.2, 0.25) is 5.02 Å². The maximum atomic E-state index is 15.0. The van der Waals surface area contributed by atoms with E-state index in [-0.39, 0.29) is 22.6 Å². The molecule has 0 spiro atoms. The number of carbonyl (C=O) groups excluding carboxylic acids is 2. The van der Waals surface area contributed by atoms with E-state index in [1.165, 1.54) is 13.1 Å². The number of aromatic nitrogens is 4. The number of carboxylic acid groups (broad SMARTS) is 1. The molecule has 0 saturated heterocycles. The van der Waals surface area contributed by atoms with Crippen LogP contribution in [0.25, 0.3) is 32.5 Å². The van der Waals surface area contributed by atoms with E-state index in [2.05, 4.69) is 30.8 Å². The van der Waals surface area contributed by atoms with E-state index < -0.39 is 41.9 Å². The number of alkyl halides is 4. The number of fused-ring (bicyclic) bond motifs is 2. The molecule has 1 aromatic carbocycles. The molecule has 200 valence electrons. The molecule has 0 bridgehead atoms. The van der Waals surface area contributed by atoms with Gasteiger partial charge < -0.3 is 15.7 Å². The lowest BCUT2D eigenvalue weighted by Crippen LogP contribution is -2.21. The SMILES string of the molecule is CC(=O)Nc1c(F)c(Cl)c(-c2ccc3nc(NC(=O)[C@@H]4C[C@@H]4F)sc3n2)c2cn[nH]c12.O=C(O)C(F)(F)F. The molecule has 4 aromatic rings. The number of pyridine rings is 1. The van der Waals surface area contributed by atoms with E-state index in [1.54, 1.807) is 12.1 Å². The Bertz CT molecular complexity index is 1590. The number of thiazole rings is 1. The maximum Gasteiger partial charge on any atom is 0.490 e. The van der Waals surface area contributed by atoms with Gasteiger partial charge in [-0.25, -0.2) is 23.5 Å². The molecule has 0 aliphatic heterocycles. The van der Waals surface area contributed by atoms with Gasteiger partial charge in [0.25, 0.3) is 0 Å². The smallest absolute Gasteiger partial charge is 0.475 e. The second-order valence-electron chi connectivity index (χ2n) is 7.91. The molecule has 5 rings (SSSR count). The fourth-order valence-electron chi connectivity index (χ4n) is 3.30. The highest BCUT2D eigenvalue weighted by Gasteiger charge is 2.44. The highest BCUT2D eigenvalue weighted by atomic mass is 35.5. The Labute approximate surface area is 217 Å². The van der Waals surface area contributed by atoms with Crippen LogP contribution in [0.3, 0.4) is 0 Å². The number of benzene rings is 1. The molecule has 17 heteroatoms. The molecular weight excluding hydrogens is 563 g/mol. The third kappa shape index (κ3) is 5.50. The number of anilines is 2. The van der Waals surface area contributed by atoms with Gasteiger partial charge in [-0.15, -0.1) is 0 Å². The fourth-order valence-corrected chi connectivity index (χ4v) is 4.43. The predicted molar refractivity (Wildman–Crippen MR) is 127 cm³/mol. The van der Waals surface area contributed by atoms with Crippen molar-refractivity contribution < 1.29 is 41.4 Å². The summed E-state index contributed by atoms with van der Waals surface area (Å²) in [4.78, 5) is 41.6. The molecule has 3 aromatic heterocycles. The van der Waals surface area contributed by atoms with E-state index in [9.17, 15) is 31.5 Å². The number of amides is 2. The average Bonchev–Trinajstić information content (AvgIpc) is 3.19. The van der Waals surface area contributed by atoms with Crippen molar-refractivity contribution in [1.82, 2.24) is 20.2 Å². The van der Waals surface area contributed by atoms with Crippen LogP contribution in [-0.2, 0) is 14.4 Å². The van der Waals surface area contributed by atoms with Gasteiger partial charge in [0, 0.05) is 17.9 Å². The summed E-state index contributed by atoms with van der Waals surface area (Å²) in [6.45, 7) is 1.26. The number of hydrogen-bond donors (Lipinski definition) is 4.